The molecule has 6 nitrogen and oxygen atoms in total. The van der Waals surface area contributed by atoms with Gasteiger partial charge in [-0.25, -0.2) is 5.43 Å². The summed E-state index contributed by atoms with van der Waals surface area (Å²) in [5.41, 5.74) is 2.70. The smallest absolute Gasteiger partial charge is 0.277 e. The lowest BCUT2D eigenvalue weighted by Gasteiger charge is -2.07. The van der Waals surface area contributed by atoms with Crippen LogP contribution in [-0.4, -0.2) is 30.9 Å². The molecule has 0 atom stereocenters. The Morgan fingerprint density at radius 3 is 2.75 bits per heavy atom. The predicted molar refractivity (Wildman–Crippen MR) is 95.0 cm³/mol. The standard InChI is InChI=1S/C16H14BrClN2O4/c1-23-14-7-11(17)6-10(16(14)22)8-19-20-15(21)9-24-13-4-2-12(18)3-5-13/h2-8,22H,9H2,1H3,(H,20,21)/b19-8+. The van der Waals surface area contributed by atoms with Crippen molar-refractivity contribution in [2.75, 3.05) is 13.7 Å². The monoisotopic (exact) mass is 412 g/mol. The van der Waals surface area contributed by atoms with Crippen molar-refractivity contribution in [2.24, 2.45) is 5.10 Å². The van der Waals surface area contributed by atoms with E-state index in [0.717, 1.165) is 0 Å². The number of nitrogens with one attached hydrogen (secondary N) is 1. The van der Waals surface area contributed by atoms with Gasteiger partial charge in [0.15, 0.2) is 18.1 Å². The number of nitrogens with zero attached hydrogens (tertiary/aromatic N) is 1. The van der Waals surface area contributed by atoms with Gasteiger partial charge in [0.05, 0.1) is 13.3 Å². The van der Waals surface area contributed by atoms with Gasteiger partial charge in [0.1, 0.15) is 5.75 Å². The molecule has 0 aliphatic heterocycles. The van der Waals surface area contributed by atoms with Crippen LogP contribution in [0.4, 0.5) is 0 Å². The van der Waals surface area contributed by atoms with Crippen molar-refractivity contribution in [1.29, 1.82) is 0 Å². The van der Waals surface area contributed by atoms with E-state index in [2.05, 4.69) is 26.5 Å². The first kappa shape index (κ1) is 18.1. The Morgan fingerprint density at radius 1 is 1.38 bits per heavy atom. The number of benzene rings is 2. The molecule has 8 heteroatoms. The average Bonchev–Trinajstić information content (AvgIpc) is 2.57. The lowest BCUT2D eigenvalue weighted by Crippen LogP contribution is -2.24. The van der Waals surface area contributed by atoms with Crippen molar-refractivity contribution < 1.29 is 19.4 Å². The van der Waals surface area contributed by atoms with E-state index in [4.69, 9.17) is 21.1 Å². The number of hydrogen-bond donors (Lipinski definition) is 2. The highest BCUT2D eigenvalue weighted by Crippen LogP contribution is 2.32. The fraction of sp³-hybridized carbons (Fsp3) is 0.125. The van der Waals surface area contributed by atoms with Crippen LogP contribution in [0.2, 0.25) is 5.02 Å². The fourth-order valence-electron chi connectivity index (χ4n) is 1.73. The number of phenols is 1. The molecule has 2 aromatic rings. The van der Waals surface area contributed by atoms with Crippen molar-refractivity contribution in [3.63, 3.8) is 0 Å². The Kier molecular flexibility index (Phi) is 6.45. The number of rotatable bonds is 6. The quantitative estimate of drug-likeness (QED) is 0.562. The molecule has 2 rings (SSSR count). The van der Waals surface area contributed by atoms with E-state index < -0.39 is 5.91 Å². The molecule has 24 heavy (non-hydrogen) atoms. The molecule has 0 saturated heterocycles. The van der Waals surface area contributed by atoms with Crippen molar-refractivity contribution in [2.45, 2.75) is 0 Å². The van der Waals surface area contributed by atoms with Gasteiger partial charge in [0, 0.05) is 15.1 Å². The Balaban J connectivity index is 1.90. The first-order valence-electron chi connectivity index (χ1n) is 6.76. The summed E-state index contributed by atoms with van der Waals surface area (Å²) >= 11 is 9.05. The third-order valence-electron chi connectivity index (χ3n) is 2.87. The summed E-state index contributed by atoms with van der Waals surface area (Å²) in [4.78, 5) is 11.7. The zero-order valence-electron chi connectivity index (χ0n) is 12.6. The molecule has 0 aromatic heterocycles. The van der Waals surface area contributed by atoms with Crippen LogP contribution in [0.1, 0.15) is 5.56 Å². The summed E-state index contributed by atoms with van der Waals surface area (Å²) in [6, 6.07) is 9.89. The molecule has 0 unspecified atom stereocenters. The Bertz CT molecular complexity index is 750. The highest BCUT2D eigenvalue weighted by molar-refractivity contribution is 9.10. The van der Waals surface area contributed by atoms with Gasteiger partial charge in [-0.2, -0.15) is 5.10 Å². The van der Waals surface area contributed by atoms with E-state index in [0.29, 0.717) is 26.6 Å². The van der Waals surface area contributed by atoms with Crippen LogP contribution < -0.4 is 14.9 Å². The predicted octanol–water partition coefficient (Wildman–Crippen LogP) is 3.35. The number of phenolic OH excluding ortho intramolecular Hbond substituents is 1. The van der Waals surface area contributed by atoms with Crippen molar-refractivity contribution in [3.8, 4) is 17.2 Å². The molecule has 126 valence electrons. The number of hydrogen-bond acceptors (Lipinski definition) is 5. The average molecular weight is 414 g/mol. The topological polar surface area (TPSA) is 80.2 Å². The van der Waals surface area contributed by atoms with E-state index in [1.165, 1.54) is 13.3 Å². The third kappa shape index (κ3) is 5.14. The van der Waals surface area contributed by atoms with Gasteiger partial charge in [-0.15, -0.1) is 0 Å². The summed E-state index contributed by atoms with van der Waals surface area (Å²) in [6.45, 7) is -0.202. The van der Waals surface area contributed by atoms with Gasteiger partial charge in [-0.05, 0) is 36.4 Å². The molecule has 2 N–H and O–H groups in total. The molecule has 0 saturated carbocycles. The van der Waals surface area contributed by atoms with Crippen LogP contribution in [0.5, 0.6) is 17.2 Å². The van der Waals surface area contributed by atoms with Gasteiger partial charge in [-0.1, -0.05) is 27.5 Å². The van der Waals surface area contributed by atoms with Gasteiger partial charge in [0.25, 0.3) is 5.91 Å². The second-order valence-electron chi connectivity index (χ2n) is 4.58. The van der Waals surface area contributed by atoms with E-state index in [1.807, 2.05) is 0 Å². The minimum Gasteiger partial charge on any atom is -0.504 e. The molecule has 2 aromatic carbocycles. The van der Waals surface area contributed by atoms with Crippen LogP contribution in [0.25, 0.3) is 0 Å². The largest absolute Gasteiger partial charge is 0.504 e. The lowest BCUT2D eigenvalue weighted by atomic mass is 10.2. The zero-order chi connectivity index (χ0) is 17.5. The van der Waals surface area contributed by atoms with Gasteiger partial charge in [0.2, 0.25) is 0 Å². The van der Waals surface area contributed by atoms with E-state index in [-0.39, 0.29) is 12.4 Å². The Labute approximate surface area is 152 Å². The van der Waals surface area contributed by atoms with Crippen LogP contribution >= 0.6 is 27.5 Å². The summed E-state index contributed by atoms with van der Waals surface area (Å²) in [7, 11) is 1.44. The molecule has 0 aliphatic carbocycles. The molecule has 1 amide bonds. The number of methoxy groups -OCH3 is 1. The number of halogens is 2. The molecular formula is C16H14BrClN2O4. The van der Waals surface area contributed by atoms with Crippen molar-refractivity contribution in [1.82, 2.24) is 5.43 Å². The fourth-order valence-corrected chi connectivity index (χ4v) is 2.31. The van der Waals surface area contributed by atoms with E-state index in [1.54, 1.807) is 36.4 Å². The second kappa shape index (κ2) is 8.56. The molecule has 0 fully saturated rings. The zero-order valence-corrected chi connectivity index (χ0v) is 15.0. The maximum atomic E-state index is 11.7. The Morgan fingerprint density at radius 2 is 2.08 bits per heavy atom. The number of hydrazone groups is 1. The molecule has 0 radical (unpaired) electrons. The number of amides is 1. The second-order valence-corrected chi connectivity index (χ2v) is 5.93. The van der Waals surface area contributed by atoms with E-state index >= 15 is 0 Å². The third-order valence-corrected chi connectivity index (χ3v) is 3.58. The molecule has 0 heterocycles. The van der Waals surface area contributed by atoms with Crippen LogP contribution in [0.15, 0.2) is 46.0 Å². The summed E-state index contributed by atoms with van der Waals surface area (Å²) in [6.07, 6.45) is 1.31. The van der Waals surface area contributed by atoms with Gasteiger partial charge in [-0.3, -0.25) is 4.79 Å². The van der Waals surface area contributed by atoms with Crippen molar-refractivity contribution in [3.05, 3.63) is 51.5 Å². The molecule has 0 aliphatic rings. The maximum absolute atomic E-state index is 11.7. The SMILES string of the molecule is COc1cc(Br)cc(/C=N/NC(=O)COc2ccc(Cl)cc2)c1O. The normalized spacial score (nSPS) is 10.6. The first-order chi connectivity index (χ1) is 11.5. The lowest BCUT2D eigenvalue weighted by molar-refractivity contribution is -0.123. The van der Waals surface area contributed by atoms with Gasteiger partial charge < -0.3 is 14.6 Å². The Hall–Kier alpha value is -2.25. The summed E-state index contributed by atoms with van der Waals surface area (Å²) in [5.74, 6) is 0.301. The number of ether oxygens (including phenoxy) is 2. The van der Waals surface area contributed by atoms with Gasteiger partial charge >= 0.3 is 0 Å². The maximum Gasteiger partial charge on any atom is 0.277 e. The molecule has 0 bridgehead atoms. The molecule has 0 spiro atoms. The number of aromatic hydroxyl groups is 1. The highest BCUT2D eigenvalue weighted by Gasteiger charge is 2.08. The van der Waals surface area contributed by atoms with Crippen LogP contribution in [0.3, 0.4) is 0 Å². The number of carbonyl (C=O) groups is 1. The summed E-state index contributed by atoms with van der Waals surface area (Å²) < 4.78 is 11.0. The van der Waals surface area contributed by atoms with Crippen LogP contribution in [-0.2, 0) is 4.79 Å². The highest BCUT2D eigenvalue weighted by atomic mass is 79.9. The first-order valence-corrected chi connectivity index (χ1v) is 7.93. The number of carbonyl (C=O) groups excluding carboxylic acids is 1. The summed E-state index contributed by atoms with van der Waals surface area (Å²) in [5, 5.41) is 14.3. The van der Waals surface area contributed by atoms with E-state index in [9.17, 15) is 9.90 Å². The molecular weight excluding hydrogens is 400 g/mol. The minimum atomic E-state index is -0.442. The van der Waals surface area contributed by atoms with Crippen molar-refractivity contribution >= 4 is 39.7 Å². The minimum absolute atomic E-state index is 0.0730. The van der Waals surface area contributed by atoms with Crippen LogP contribution in [0, 0.1) is 0 Å².